The van der Waals surface area contributed by atoms with Crippen molar-refractivity contribution in [3.05, 3.63) is 59.7 Å². The molecule has 152 valence electrons. The van der Waals surface area contributed by atoms with Crippen molar-refractivity contribution in [1.82, 2.24) is 10.2 Å². The molecule has 4 rings (SSSR count). The molecule has 5 nitrogen and oxygen atoms in total. The second-order valence-electron chi connectivity index (χ2n) is 7.99. The molecule has 0 unspecified atom stereocenters. The zero-order valence-corrected chi connectivity index (χ0v) is 16.9. The van der Waals surface area contributed by atoms with Crippen molar-refractivity contribution in [3.8, 4) is 11.1 Å². The highest BCUT2D eigenvalue weighted by Gasteiger charge is 2.33. The maximum absolute atomic E-state index is 12.8. The molecule has 0 bridgehead atoms. The molecule has 2 heterocycles. The lowest BCUT2D eigenvalue weighted by Gasteiger charge is -2.25. The number of amides is 2. The predicted molar refractivity (Wildman–Crippen MR) is 112 cm³/mol. The Morgan fingerprint density at radius 1 is 1.21 bits per heavy atom. The summed E-state index contributed by atoms with van der Waals surface area (Å²) in [5, 5.41) is 2.97. The van der Waals surface area contributed by atoms with Gasteiger partial charge in [-0.3, -0.25) is 9.59 Å². The van der Waals surface area contributed by atoms with Crippen LogP contribution in [0, 0.1) is 12.8 Å². The average Bonchev–Trinajstić information content (AvgIpc) is 3.21. The Hall–Kier alpha value is -2.66. The lowest BCUT2D eigenvalue weighted by molar-refractivity contribution is -0.141. The van der Waals surface area contributed by atoms with Crippen molar-refractivity contribution in [1.29, 1.82) is 0 Å². The smallest absolute Gasteiger partial charge is 0.251 e. The van der Waals surface area contributed by atoms with Gasteiger partial charge in [0.1, 0.15) is 6.10 Å². The number of rotatable bonds is 4. The van der Waals surface area contributed by atoms with Crippen LogP contribution in [0.25, 0.3) is 11.1 Å². The maximum atomic E-state index is 12.8. The molecule has 2 amide bonds. The number of nitrogens with one attached hydrogen (secondary N) is 1. The first-order valence-electron chi connectivity index (χ1n) is 10.4. The summed E-state index contributed by atoms with van der Waals surface area (Å²) in [6, 6.07) is 16.7. The molecule has 2 aromatic rings. The van der Waals surface area contributed by atoms with Crippen LogP contribution >= 0.6 is 0 Å². The molecule has 29 heavy (non-hydrogen) atoms. The van der Waals surface area contributed by atoms with E-state index < -0.39 is 0 Å². The van der Waals surface area contributed by atoms with E-state index in [0.29, 0.717) is 32.7 Å². The average molecular weight is 392 g/mol. The van der Waals surface area contributed by atoms with Crippen molar-refractivity contribution < 1.29 is 14.3 Å². The van der Waals surface area contributed by atoms with E-state index in [-0.39, 0.29) is 23.8 Å². The van der Waals surface area contributed by atoms with E-state index in [4.69, 9.17) is 4.74 Å². The Bertz CT molecular complexity index is 889. The lowest BCUT2D eigenvalue weighted by Crippen LogP contribution is -2.42. The first-order valence-corrected chi connectivity index (χ1v) is 10.4. The van der Waals surface area contributed by atoms with E-state index in [1.165, 1.54) is 11.1 Å². The van der Waals surface area contributed by atoms with Crippen molar-refractivity contribution in [2.24, 2.45) is 5.92 Å². The normalized spacial score (nSPS) is 22.2. The molecule has 2 fully saturated rings. The minimum Gasteiger partial charge on any atom is -0.368 e. The summed E-state index contributed by atoms with van der Waals surface area (Å²) in [5.41, 5.74) is 4.69. The first kappa shape index (κ1) is 19.6. The third-order valence-corrected chi connectivity index (χ3v) is 5.87. The van der Waals surface area contributed by atoms with Crippen LogP contribution in [0.2, 0.25) is 0 Å². The van der Waals surface area contributed by atoms with Gasteiger partial charge < -0.3 is 15.0 Å². The number of aryl methyl sites for hydroxylation is 1. The molecule has 0 radical (unpaired) electrons. The first-order chi connectivity index (χ1) is 14.1. The molecule has 2 aliphatic heterocycles. The SMILES string of the molecule is Cc1ccccc1-c1cccc(C[C@H]2CN(C(=O)[C@H]3CCCO3)CCNC2=O)c1. The van der Waals surface area contributed by atoms with Crippen LogP contribution in [0.4, 0.5) is 0 Å². The van der Waals surface area contributed by atoms with Gasteiger partial charge in [0, 0.05) is 26.2 Å². The fraction of sp³-hybridized carbons (Fsp3) is 0.417. The van der Waals surface area contributed by atoms with Crippen molar-refractivity contribution in [3.63, 3.8) is 0 Å². The minimum atomic E-state index is -0.340. The Kier molecular flexibility index (Phi) is 5.95. The van der Waals surface area contributed by atoms with Gasteiger partial charge in [-0.05, 0) is 48.4 Å². The highest BCUT2D eigenvalue weighted by molar-refractivity contribution is 5.84. The van der Waals surface area contributed by atoms with Crippen LogP contribution < -0.4 is 5.32 Å². The van der Waals surface area contributed by atoms with Crippen molar-refractivity contribution >= 4 is 11.8 Å². The van der Waals surface area contributed by atoms with Gasteiger partial charge >= 0.3 is 0 Å². The van der Waals surface area contributed by atoms with Gasteiger partial charge in [0.15, 0.2) is 0 Å². The molecule has 2 aromatic carbocycles. The van der Waals surface area contributed by atoms with Gasteiger partial charge in [0.2, 0.25) is 5.91 Å². The Labute approximate surface area is 172 Å². The van der Waals surface area contributed by atoms with Gasteiger partial charge in [-0.1, -0.05) is 48.5 Å². The summed E-state index contributed by atoms with van der Waals surface area (Å²) < 4.78 is 5.57. The number of nitrogens with zero attached hydrogens (tertiary/aromatic N) is 1. The summed E-state index contributed by atoms with van der Waals surface area (Å²) in [6.07, 6.45) is 1.98. The van der Waals surface area contributed by atoms with Crippen molar-refractivity contribution in [2.75, 3.05) is 26.2 Å². The van der Waals surface area contributed by atoms with E-state index >= 15 is 0 Å². The second kappa shape index (κ2) is 8.78. The highest BCUT2D eigenvalue weighted by atomic mass is 16.5. The molecule has 1 N–H and O–H groups in total. The second-order valence-corrected chi connectivity index (χ2v) is 7.99. The molecular formula is C24H28N2O3. The minimum absolute atomic E-state index is 0.0222. The third kappa shape index (κ3) is 4.51. The standard InChI is InChI=1S/C24H28N2O3/c1-17-6-2-3-9-21(17)19-8-4-7-18(14-19)15-20-16-26(12-11-25-23(20)27)24(28)22-10-5-13-29-22/h2-4,6-9,14,20,22H,5,10-13,15-16H2,1H3,(H,25,27)/t20-,22+/m0/s1. The number of hydrogen-bond acceptors (Lipinski definition) is 3. The van der Waals surface area contributed by atoms with Gasteiger partial charge in [0.05, 0.1) is 5.92 Å². The van der Waals surface area contributed by atoms with Gasteiger partial charge in [-0.25, -0.2) is 0 Å². The Balaban J connectivity index is 1.51. The molecule has 0 aliphatic carbocycles. The van der Waals surface area contributed by atoms with Crippen LogP contribution in [0.5, 0.6) is 0 Å². The van der Waals surface area contributed by atoms with E-state index in [2.05, 4.69) is 42.6 Å². The summed E-state index contributed by atoms with van der Waals surface area (Å²) >= 11 is 0. The topological polar surface area (TPSA) is 58.6 Å². The number of benzene rings is 2. The summed E-state index contributed by atoms with van der Waals surface area (Å²) in [4.78, 5) is 27.2. The van der Waals surface area contributed by atoms with Gasteiger partial charge in [-0.15, -0.1) is 0 Å². The largest absolute Gasteiger partial charge is 0.368 e. The molecule has 0 spiro atoms. The molecule has 2 saturated heterocycles. The predicted octanol–water partition coefficient (Wildman–Crippen LogP) is 2.96. The molecule has 0 aromatic heterocycles. The van der Waals surface area contributed by atoms with Crippen LogP contribution in [0.3, 0.4) is 0 Å². The number of ether oxygens (including phenoxy) is 1. The Morgan fingerprint density at radius 3 is 2.86 bits per heavy atom. The number of carbonyl (C=O) groups excluding carboxylic acids is 2. The molecule has 2 aliphatic rings. The summed E-state index contributed by atoms with van der Waals surface area (Å²) in [5.74, 6) is -0.207. The number of hydrogen-bond donors (Lipinski definition) is 1. The van der Waals surface area contributed by atoms with Crippen LogP contribution in [-0.2, 0) is 20.7 Å². The maximum Gasteiger partial charge on any atom is 0.251 e. The van der Waals surface area contributed by atoms with E-state index in [9.17, 15) is 9.59 Å². The van der Waals surface area contributed by atoms with Crippen LogP contribution in [-0.4, -0.2) is 49.1 Å². The zero-order valence-electron chi connectivity index (χ0n) is 16.9. The van der Waals surface area contributed by atoms with E-state index in [1.54, 1.807) is 0 Å². The third-order valence-electron chi connectivity index (χ3n) is 5.87. The van der Waals surface area contributed by atoms with Gasteiger partial charge in [0.25, 0.3) is 5.91 Å². The zero-order chi connectivity index (χ0) is 20.2. The fourth-order valence-electron chi connectivity index (χ4n) is 4.28. The van der Waals surface area contributed by atoms with Crippen LogP contribution in [0.15, 0.2) is 48.5 Å². The van der Waals surface area contributed by atoms with E-state index in [1.807, 2.05) is 23.1 Å². The lowest BCUT2D eigenvalue weighted by atomic mass is 9.94. The van der Waals surface area contributed by atoms with E-state index in [0.717, 1.165) is 24.0 Å². The summed E-state index contributed by atoms with van der Waals surface area (Å²) in [7, 11) is 0. The molecular weight excluding hydrogens is 364 g/mol. The molecule has 2 atom stereocenters. The highest BCUT2D eigenvalue weighted by Crippen LogP contribution is 2.25. The summed E-state index contributed by atoms with van der Waals surface area (Å²) in [6.45, 7) is 4.24. The monoisotopic (exact) mass is 392 g/mol. The van der Waals surface area contributed by atoms with Crippen LogP contribution in [0.1, 0.15) is 24.0 Å². The van der Waals surface area contributed by atoms with Crippen molar-refractivity contribution in [2.45, 2.75) is 32.3 Å². The fourth-order valence-corrected chi connectivity index (χ4v) is 4.28. The molecule has 0 saturated carbocycles. The van der Waals surface area contributed by atoms with Gasteiger partial charge in [-0.2, -0.15) is 0 Å². The molecule has 5 heteroatoms. The number of carbonyl (C=O) groups is 2. The quantitative estimate of drug-likeness (QED) is 0.870. The Morgan fingerprint density at radius 2 is 2.07 bits per heavy atom.